The van der Waals surface area contributed by atoms with Crippen molar-refractivity contribution in [2.45, 2.75) is 12.5 Å². The fourth-order valence-corrected chi connectivity index (χ4v) is 1.77. The van der Waals surface area contributed by atoms with E-state index in [1.807, 2.05) is 0 Å². The van der Waals surface area contributed by atoms with E-state index in [9.17, 15) is 24.1 Å². The molecule has 0 radical (unpaired) electrons. The molecule has 0 saturated carbocycles. The topological polar surface area (TPSA) is 101 Å². The number of benzene rings is 1. The number of nitrogens with zero attached hydrogens (tertiary/aromatic N) is 1. The lowest BCUT2D eigenvalue weighted by Gasteiger charge is -2.10. The molecule has 2 amide bonds. The van der Waals surface area contributed by atoms with Gasteiger partial charge in [0.2, 0.25) is 5.91 Å². The van der Waals surface area contributed by atoms with Crippen LogP contribution in [0.5, 0.6) is 0 Å². The van der Waals surface area contributed by atoms with Crippen LogP contribution >= 0.6 is 0 Å². The van der Waals surface area contributed by atoms with E-state index in [-0.39, 0.29) is 24.6 Å². The van der Waals surface area contributed by atoms with Crippen molar-refractivity contribution in [3.05, 3.63) is 39.7 Å². The molecule has 8 heteroatoms. The molecule has 0 aromatic heterocycles. The van der Waals surface area contributed by atoms with Crippen molar-refractivity contribution >= 4 is 17.5 Å². The molecule has 1 aliphatic heterocycles. The van der Waals surface area contributed by atoms with Crippen molar-refractivity contribution in [2.75, 3.05) is 6.54 Å². The van der Waals surface area contributed by atoms with Gasteiger partial charge in [0.15, 0.2) is 0 Å². The van der Waals surface area contributed by atoms with Crippen LogP contribution in [0.3, 0.4) is 0 Å². The van der Waals surface area contributed by atoms with Gasteiger partial charge in [-0.3, -0.25) is 19.7 Å². The summed E-state index contributed by atoms with van der Waals surface area (Å²) in [6.45, 7) is 0.265. The van der Waals surface area contributed by atoms with Crippen LogP contribution in [0, 0.1) is 15.9 Å². The lowest BCUT2D eigenvalue weighted by Crippen LogP contribution is -2.36. The number of nitrogens with one attached hydrogen (secondary N) is 2. The van der Waals surface area contributed by atoms with Gasteiger partial charge in [-0.1, -0.05) is 0 Å². The van der Waals surface area contributed by atoms with E-state index in [1.165, 1.54) is 0 Å². The number of hydrogen-bond donors (Lipinski definition) is 2. The first-order chi connectivity index (χ1) is 8.97. The molecule has 1 aliphatic rings. The summed E-state index contributed by atoms with van der Waals surface area (Å²) in [6.07, 6.45) is 0.113. The molecular formula is C11H10FN3O4. The number of nitro benzene ring substituents is 1. The van der Waals surface area contributed by atoms with Gasteiger partial charge in [0, 0.05) is 25.1 Å². The molecule has 1 aromatic carbocycles. The summed E-state index contributed by atoms with van der Waals surface area (Å²) in [5.74, 6) is -1.83. The highest BCUT2D eigenvalue weighted by atomic mass is 19.1. The summed E-state index contributed by atoms with van der Waals surface area (Å²) in [5.41, 5.74) is -0.777. The fraction of sp³-hybridized carbons (Fsp3) is 0.273. The van der Waals surface area contributed by atoms with Crippen molar-refractivity contribution in [1.82, 2.24) is 10.6 Å². The van der Waals surface area contributed by atoms with Crippen molar-refractivity contribution < 1.29 is 18.9 Å². The van der Waals surface area contributed by atoms with Gasteiger partial charge in [-0.2, -0.15) is 0 Å². The Kier molecular flexibility index (Phi) is 3.41. The lowest BCUT2D eigenvalue weighted by atomic mass is 10.1. The molecule has 7 nitrogen and oxygen atoms in total. The van der Waals surface area contributed by atoms with Crippen LogP contribution in [0.2, 0.25) is 0 Å². The van der Waals surface area contributed by atoms with Crippen LogP contribution in [0.4, 0.5) is 10.1 Å². The summed E-state index contributed by atoms with van der Waals surface area (Å²) < 4.78 is 13.5. The Morgan fingerprint density at radius 3 is 2.84 bits per heavy atom. The van der Waals surface area contributed by atoms with Crippen LogP contribution < -0.4 is 10.6 Å². The number of amides is 2. The Morgan fingerprint density at radius 2 is 2.26 bits per heavy atom. The maximum absolute atomic E-state index is 13.5. The van der Waals surface area contributed by atoms with Gasteiger partial charge in [-0.05, 0) is 6.07 Å². The Bertz CT molecular complexity index is 561. The van der Waals surface area contributed by atoms with E-state index in [1.54, 1.807) is 0 Å². The molecule has 1 aromatic rings. The smallest absolute Gasteiger partial charge is 0.270 e. The Balaban J connectivity index is 2.16. The fourth-order valence-electron chi connectivity index (χ4n) is 1.77. The van der Waals surface area contributed by atoms with Crippen LogP contribution in [0.1, 0.15) is 16.8 Å². The number of carbonyl (C=O) groups excluding carboxylic acids is 2. The van der Waals surface area contributed by atoms with E-state index in [0.29, 0.717) is 0 Å². The molecular weight excluding hydrogens is 257 g/mol. The normalized spacial score (nSPS) is 17.9. The van der Waals surface area contributed by atoms with E-state index in [0.717, 1.165) is 18.2 Å². The predicted molar refractivity (Wildman–Crippen MR) is 61.9 cm³/mol. The van der Waals surface area contributed by atoms with Crippen LogP contribution in [-0.2, 0) is 4.79 Å². The van der Waals surface area contributed by atoms with Crippen LogP contribution in [0.25, 0.3) is 0 Å². The number of nitro groups is 1. The first-order valence-corrected chi connectivity index (χ1v) is 5.49. The van der Waals surface area contributed by atoms with Gasteiger partial charge in [0.05, 0.1) is 16.5 Å². The lowest BCUT2D eigenvalue weighted by molar-refractivity contribution is -0.384. The zero-order valence-corrected chi connectivity index (χ0v) is 9.68. The molecule has 1 unspecified atom stereocenters. The average molecular weight is 267 g/mol. The minimum atomic E-state index is -0.847. The molecule has 1 heterocycles. The second-order valence-corrected chi connectivity index (χ2v) is 4.10. The van der Waals surface area contributed by atoms with Crippen molar-refractivity contribution in [1.29, 1.82) is 0 Å². The number of hydrogen-bond acceptors (Lipinski definition) is 4. The van der Waals surface area contributed by atoms with Crippen molar-refractivity contribution in [2.24, 2.45) is 0 Å². The summed E-state index contributed by atoms with van der Waals surface area (Å²) in [4.78, 5) is 32.6. The van der Waals surface area contributed by atoms with E-state index in [2.05, 4.69) is 10.6 Å². The molecule has 0 spiro atoms. The number of carbonyl (C=O) groups is 2. The van der Waals surface area contributed by atoms with Crippen molar-refractivity contribution in [3.63, 3.8) is 0 Å². The number of halogens is 1. The van der Waals surface area contributed by atoms with E-state index in [4.69, 9.17) is 0 Å². The minimum Gasteiger partial charge on any atom is -0.354 e. The minimum absolute atomic E-state index is 0.113. The summed E-state index contributed by atoms with van der Waals surface area (Å²) in [7, 11) is 0. The first-order valence-electron chi connectivity index (χ1n) is 5.49. The SMILES string of the molecule is O=C1CC(NC(=O)c2cc([N+](=O)[O-])ccc2F)CN1. The Labute approximate surface area is 106 Å². The molecule has 2 N–H and O–H groups in total. The molecule has 19 heavy (non-hydrogen) atoms. The van der Waals surface area contributed by atoms with Gasteiger partial charge in [0.25, 0.3) is 11.6 Å². The maximum Gasteiger partial charge on any atom is 0.270 e. The van der Waals surface area contributed by atoms with Gasteiger partial charge in [-0.25, -0.2) is 4.39 Å². The third kappa shape index (κ3) is 2.84. The highest BCUT2D eigenvalue weighted by molar-refractivity contribution is 5.96. The standard InChI is InChI=1S/C11H10FN3O4/c12-9-2-1-7(15(18)19)4-8(9)11(17)14-6-3-10(16)13-5-6/h1-2,4,6H,3,5H2,(H,13,16)(H,14,17). The third-order valence-electron chi connectivity index (χ3n) is 2.72. The van der Waals surface area contributed by atoms with E-state index >= 15 is 0 Å². The van der Waals surface area contributed by atoms with Crippen molar-refractivity contribution in [3.8, 4) is 0 Å². The summed E-state index contributed by atoms with van der Waals surface area (Å²) >= 11 is 0. The maximum atomic E-state index is 13.5. The number of non-ortho nitro benzene ring substituents is 1. The highest BCUT2D eigenvalue weighted by Gasteiger charge is 2.25. The zero-order chi connectivity index (χ0) is 14.0. The second kappa shape index (κ2) is 5.01. The molecule has 1 saturated heterocycles. The monoisotopic (exact) mass is 267 g/mol. The zero-order valence-electron chi connectivity index (χ0n) is 9.68. The molecule has 1 atom stereocenters. The molecule has 0 aliphatic carbocycles. The molecule has 2 rings (SSSR count). The van der Waals surface area contributed by atoms with Crippen LogP contribution in [-0.4, -0.2) is 29.3 Å². The molecule has 1 fully saturated rings. The van der Waals surface area contributed by atoms with E-state index < -0.39 is 28.3 Å². The van der Waals surface area contributed by atoms with Gasteiger partial charge in [-0.15, -0.1) is 0 Å². The molecule has 100 valence electrons. The van der Waals surface area contributed by atoms with Gasteiger partial charge < -0.3 is 10.6 Å². The largest absolute Gasteiger partial charge is 0.354 e. The first kappa shape index (κ1) is 12.9. The Morgan fingerprint density at radius 1 is 1.53 bits per heavy atom. The quantitative estimate of drug-likeness (QED) is 0.609. The number of rotatable bonds is 3. The Hall–Kier alpha value is -2.51. The van der Waals surface area contributed by atoms with Crippen LogP contribution in [0.15, 0.2) is 18.2 Å². The highest BCUT2D eigenvalue weighted by Crippen LogP contribution is 2.17. The third-order valence-corrected chi connectivity index (χ3v) is 2.72. The summed E-state index contributed by atoms with van der Waals surface area (Å²) in [5, 5.41) is 15.5. The summed E-state index contributed by atoms with van der Waals surface area (Å²) in [6, 6.07) is 2.28. The molecule has 0 bridgehead atoms. The average Bonchev–Trinajstić information content (AvgIpc) is 2.74. The predicted octanol–water partition coefficient (Wildman–Crippen LogP) is 0.352. The van der Waals surface area contributed by atoms with Gasteiger partial charge >= 0.3 is 0 Å². The second-order valence-electron chi connectivity index (χ2n) is 4.10. The van der Waals surface area contributed by atoms with Gasteiger partial charge in [0.1, 0.15) is 5.82 Å².